The number of hydrogen-bond donors (Lipinski definition) is 1. The van der Waals surface area contributed by atoms with Gasteiger partial charge in [0.15, 0.2) is 5.58 Å². The summed E-state index contributed by atoms with van der Waals surface area (Å²) in [5, 5.41) is 3.21. The SMILES string of the molecule is C[C@@H]1CN(S(=O)(=O)c2ccc3c(c2)oc(=O)n3C)CCN1. The van der Waals surface area contributed by atoms with Gasteiger partial charge in [-0.05, 0) is 19.1 Å². The monoisotopic (exact) mass is 311 g/mol. The van der Waals surface area contributed by atoms with Crippen LogP contribution in [0.5, 0.6) is 0 Å². The van der Waals surface area contributed by atoms with Gasteiger partial charge in [-0.25, -0.2) is 13.2 Å². The third-order valence-corrected chi connectivity index (χ3v) is 5.59. The van der Waals surface area contributed by atoms with Crippen LogP contribution in [0.3, 0.4) is 0 Å². The summed E-state index contributed by atoms with van der Waals surface area (Å²) in [5.41, 5.74) is 0.861. The fraction of sp³-hybridized carbons (Fsp3) is 0.462. The van der Waals surface area contributed by atoms with Crippen molar-refractivity contribution in [3.63, 3.8) is 0 Å². The highest BCUT2D eigenvalue weighted by Crippen LogP contribution is 2.22. The van der Waals surface area contributed by atoms with Crippen LogP contribution in [-0.2, 0) is 17.1 Å². The van der Waals surface area contributed by atoms with E-state index in [1.165, 1.54) is 21.0 Å². The fourth-order valence-electron chi connectivity index (χ4n) is 2.54. The van der Waals surface area contributed by atoms with Crippen LogP contribution < -0.4 is 11.1 Å². The quantitative estimate of drug-likeness (QED) is 0.851. The highest BCUT2D eigenvalue weighted by atomic mass is 32.2. The Morgan fingerprint density at radius 1 is 1.38 bits per heavy atom. The number of sulfonamides is 1. The lowest BCUT2D eigenvalue weighted by atomic mass is 10.3. The van der Waals surface area contributed by atoms with Crippen molar-refractivity contribution in [2.45, 2.75) is 17.9 Å². The number of piperazine rings is 1. The molecule has 7 nitrogen and oxygen atoms in total. The van der Waals surface area contributed by atoms with E-state index in [0.717, 1.165) is 0 Å². The van der Waals surface area contributed by atoms with Gasteiger partial charge in [-0.15, -0.1) is 0 Å². The molecule has 1 aliphatic heterocycles. The zero-order valence-electron chi connectivity index (χ0n) is 11.9. The lowest BCUT2D eigenvalue weighted by molar-refractivity contribution is 0.310. The van der Waals surface area contributed by atoms with Crippen molar-refractivity contribution >= 4 is 21.1 Å². The van der Waals surface area contributed by atoms with Crippen molar-refractivity contribution in [1.29, 1.82) is 0 Å². The molecular formula is C13H17N3O4S. The van der Waals surface area contributed by atoms with Crippen LogP contribution in [0, 0.1) is 0 Å². The molecule has 1 aromatic heterocycles. The minimum absolute atomic E-state index is 0.118. The van der Waals surface area contributed by atoms with E-state index in [4.69, 9.17) is 4.42 Å². The number of benzene rings is 1. The second-order valence-electron chi connectivity index (χ2n) is 5.27. The number of aryl methyl sites for hydroxylation is 1. The molecule has 1 aliphatic rings. The molecule has 114 valence electrons. The Labute approximate surface area is 122 Å². The molecular weight excluding hydrogens is 294 g/mol. The van der Waals surface area contributed by atoms with Crippen molar-refractivity contribution in [1.82, 2.24) is 14.2 Å². The van der Waals surface area contributed by atoms with Crippen molar-refractivity contribution in [2.75, 3.05) is 19.6 Å². The van der Waals surface area contributed by atoms with Gasteiger partial charge in [0.2, 0.25) is 10.0 Å². The molecule has 0 aliphatic carbocycles. The predicted molar refractivity (Wildman–Crippen MR) is 77.7 cm³/mol. The number of fused-ring (bicyclic) bond motifs is 1. The number of oxazole rings is 1. The molecule has 21 heavy (non-hydrogen) atoms. The summed E-state index contributed by atoms with van der Waals surface area (Å²) in [7, 11) is -1.98. The second kappa shape index (κ2) is 4.97. The van der Waals surface area contributed by atoms with Crippen molar-refractivity contribution in [2.24, 2.45) is 7.05 Å². The molecule has 0 saturated carbocycles. The van der Waals surface area contributed by atoms with E-state index >= 15 is 0 Å². The van der Waals surface area contributed by atoms with Gasteiger partial charge in [0, 0.05) is 38.8 Å². The molecule has 1 N–H and O–H groups in total. The average molecular weight is 311 g/mol. The van der Waals surface area contributed by atoms with Crippen molar-refractivity contribution in [3.05, 3.63) is 28.7 Å². The van der Waals surface area contributed by atoms with Gasteiger partial charge in [-0.3, -0.25) is 4.57 Å². The number of nitrogens with zero attached hydrogens (tertiary/aromatic N) is 2. The van der Waals surface area contributed by atoms with Gasteiger partial charge in [0.05, 0.1) is 10.4 Å². The summed E-state index contributed by atoms with van der Waals surface area (Å²) in [6.07, 6.45) is 0. The molecule has 0 spiro atoms. The first-order valence-corrected chi connectivity index (χ1v) is 8.17. The van der Waals surface area contributed by atoms with E-state index < -0.39 is 15.8 Å². The van der Waals surface area contributed by atoms with Gasteiger partial charge in [-0.2, -0.15) is 4.31 Å². The van der Waals surface area contributed by atoms with E-state index in [9.17, 15) is 13.2 Å². The second-order valence-corrected chi connectivity index (χ2v) is 7.21. The molecule has 1 aromatic carbocycles. The highest BCUT2D eigenvalue weighted by Gasteiger charge is 2.29. The Kier molecular flexibility index (Phi) is 3.39. The third kappa shape index (κ3) is 2.39. The van der Waals surface area contributed by atoms with Crippen LogP contribution in [0.15, 0.2) is 32.3 Å². The zero-order valence-corrected chi connectivity index (χ0v) is 12.7. The Morgan fingerprint density at radius 3 is 2.86 bits per heavy atom. The molecule has 1 saturated heterocycles. The molecule has 0 bridgehead atoms. The maximum atomic E-state index is 12.6. The van der Waals surface area contributed by atoms with Gasteiger partial charge in [0.25, 0.3) is 0 Å². The predicted octanol–water partition coefficient (Wildman–Crippen LogP) is 0.114. The average Bonchev–Trinajstić information content (AvgIpc) is 2.73. The normalized spacial score (nSPS) is 21.0. The lowest BCUT2D eigenvalue weighted by Crippen LogP contribution is -2.51. The molecule has 8 heteroatoms. The highest BCUT2D eigenvalue weighted by molar-refractivity contribution is 7.89. The van der Waals surface area contributed by atoms with E-state index in [2.05, 4.69) is 5.32 Å². The molecule has 0 radical (unpaired) electrons. The van der Waals surface area contributed by atoms with E-state index in [-0.39, 0.29) is 16.5 Å². The minimum Gasteiger partial charge on any atom is -0.408 e. The summed E-state index contributed by atoms with van der Waals surface area (Å²) in [5.74, 6) is -0.504. The molecule has 0 amide bonds. The molecule has 0 unspecified atom stereocenters. The topological polar surface area (TPSA) is 84.6 Å². The number of aromatic nitrogens is 1. The summed E-state index contributed by atoms with van der Waals surface area (Å²) >= 11 is 0. The number of rotatable bonds is 2. The van der Waals surface area contributed by atoms with E-state index in [1.54, 1.807) is 13.1 Å². The first kappa shape index (κ1) is 14.3. The summed E-state index contributed by atoms with van der Waals surface area (Å²) in [6.45, 7) is 3.44. The van der Waals surface area contributed by atoms with Gasteiger partial charge < -0.3 is 9.73 Å². The maximum absolute atomic E-state index is 12.6. The van der Waals surface area contributed by atoms with Crippen LogP contribution in [-0.4, -0.2) is 43.0 Å². The Morgan fingerprint density at radius 2 is 2.14 bits per heavy atom. The molecule has 2 heterocycles. The van der Waals surface area contributed by atoms with Crippen LogP contribution >= 0.6 is 0 Å². The van der Waals surface area contributed by atoms with Crippen molar-refractivity contribution < 1.29 is 12.8 Å². The van der Waals surface area contributed by atoms with E-state index in [0.29, 0.717) is 25.2 Å². The standard InChI is InChI=1S/C13H17N3O4S/c1-9-8-16(6-5-14-9)21(18,19)10-3-4-11-12(7-10)20-13(17)15(11)2/h3-4,7,9,14H,5-6,8H2,1-2H3/t9-/m1/s1. The first-order chi connectivity index (χ1) is 9.89. The minimum atomic E-state index is -3.57. The number of nitrogens with one attached hydrogen (secondary N) is 1. The fourth-order valence-corrected chi connectivity index (χ4v) is 4.08. The van der Waals surface area contributed by atoms with Crippen LogP contribution in [0.4, 0.5) is 0 Å². The largest absolute Gasteiger partial charge is 0.419 e. The molecule has 1 atom stereocenters. The van der Waals surface area contributed by atoms with Gasteiger partial charge in [-0.1, -0.05) is 0 Å². The Bertz CT molecular complexity index is 837. The van der Waals surface area contributed by atoms with Crippen LogP contribution in [0.2, 0.25) is 0 Å². The first-order valence-electron chi connectivity index (χ1n) is 6.73. The lowest BCUT2D eigenvalue weighted by Gasteiger charge is -2.30. The molecule has 1 fully saturated rings. The molecule has 2 aromatic rings. The molecule has 3 rings (SSSR count). The summed E-state index contributed by atoms with van der Waals surface area (Å²) < 4.78 is 33.1. The summed E-state index contributed by atoms with van der Waals surface area (Å²) in [6, 6.07) is 4.64. The van der Waals surface area contributed by atoms with Crippen molar-refractivity contribution in [3.8, 4) is 0 Å². The number of hydrogen-bond acceptors (Lipinski definition) is 5. The summed E-state index contributed by atoms with van der Waals surface area (Å²) in [4.78, 5) is 11.6. The Balaban J connectivity index is 2.04. The smallest absolute Gasteiger partial charge is 0.408 e. The van der Waals surface area contributed by atoms with E-state index in [1.807, 2.05) is 6.92 Å². The zero-order chi connectivity index (χ0) is 15.2. The third-order valence-electron chi connectivity index (χ3n) is 3.73. The van der Waals surface area contributed by atoms with Gasteiger partial charge >= 0.3 is 5.76 Å². The van der Waals surface area contributed by atoms with Crippen LogP contribution in [0.1, 0.15) is 6.92 Å². The Hall–Kier alpha value is -1.64. The maximum Gasteiger partial charge on any atom is 0.419 e. The van der Waals surface area contributed by atoms with Gasteiger partial charge in [0.1, 0.15) is 0 Å². The van der Waals surface area contributed by atoms with Crippen LogP contribution in [0.25, 0.3) is 11.1 Å².